The van der Waals surface area contributed by atoms with Crippen molar-refractivity contribution in [3.05, 3.63) is 54.4 Å². The molecule has 0 atom stereocenters. The van der Waals surface area contributed by atoms with E-state index in [-0.39, 0.29) is 11.8 Å². The number of carboxylic acid groups (broad SMARTS) is 1. The molecule has 1 amide bonds. The molecular formula is C27H29N9O3. The fourth-order valence-corrected chi connectivity index (χ4v) is 5.27. The summed E-state index contributed by atoms with van der Waals surface area (Å²) >= 11 is 0. The van der Waals surface area contributed by atoms with Gasteiger partial charge in [0.25, 0.3) is 0 Å². The van der Waals surface area contributed by atoms with Crippen LogP contribution >= 0.6 is 0 Å². The molecule has 0 saturated carbocycles. The molecule has 2 aliphatic heterocycles. The monoisotopic (exact) mass is 527 g/mol. The third kappa shape index (κ3) is 4.69. The van der Waals surface area contributed by atoms with Gasteiger partial charge in [-0.3, -0.25) is 4.68 Å². The van der Waals surface area contributed by atoms with Crippen molar-refractivity contribution in [2.75, 3.05) is 43.4 Å². The lowest BCUT2D eigenvalue weighted by Crippen LogP contribution is -2.36. The minimum atomic E-state index is -0.894. The van der Waals surface area contributed by atoms with Crippen LogP contribution in [0.5, 0.6) is 5.75 Å². The minimum Gasteiger partial charge on any atom is -0.507 e. The van der Waals surface area contributed by atoms with Crippen molar-refractivity contribution >= 4 is 34.5 Å². The lowest BCUT2D eigenvalue weighted by molar-refractivity contribution is 0.150. The van der Waals surface area contributed by atoms with Gasteiger partial charge in [-0.05, 0) is 43.0 Å². The number of hydrogen-bond acceptors (Lipinski definition) is 9. The number of aromatic hydroxyl groups is 1. The van der Waals surface area contributed by atoms with Gasteiger partial charge < -0.3 is 25.3 Å². The molecule has 0 aliphatic carbocycles. The van der Waals surface area contributed by atoms with E-state index in [2.05, 4.69) is 30.4 Å². The van der Waals surface area contributed by atoms with Crippen molar-refractivity contribution in [3.63, 3.8) is 0 Å². The van der Waals surface area contributed by atoms with Gasteiger partial charge in [0.1, 0.15) is 5.75 Å². The van der Waals surface area contributed by atoms with Crippen molar-refractivity contribution in [2.24, 2.45) is 0 Å². The maximum atomic E-state index is 11.1. The number of rotatable bonds is 5. The average molecular weight is 528 g/mol. The summed E-state index contributed by atoms with van der Waals surface area (Å²) in [5.74, 6) is 1.52. The number of hydrogen-bond donors (Lipinski definition) is 3. The lowest BCUT2D eigenvalue weighted by Gasteiger charge is -2.32. The molecule has 2 aliphatic rings. The van der Waals surface area contributed by atoms with Gasteiger partial charge in [-0.15, -0.1) is 10.2 Å². The van der Waals surface area contributed by atoms with E-state index in [1.165, 1.54) is 4.90 Å². The average Bonchev–Trinajstić information content (AvgIpc) is 3.36. The third-order valence-corrected chi connectivity index (χ3v) is 7.45. The Morgan fingerprint density at radius 2 is 1.85 bits per heavy atom. The van der Waals surface area contributed by atoms with Crippen molar-refractivity contribution in [2.45, 2.75) is 25.3 Å². The van der Waals surface area contributed by atoms with E-state index in [4.69, 9.17) is 10.2 Å². The maximum absolute atomic E-state index is 11.1. The van der Waals surface area contributed by atoms with Crippen molar-refractivity contribution in [1.82, 2.24) is 34.8 Å². The van der Waals surface area contributed by atoms with Crippen LogP contribution in [0.1, 0.15) is 30.9 Å². The Bertz CT molecular complexity index is 1540. The van der Waals surface area contributed by atoms with E-state index in [9.17, 15) is 9.90 Å². The molecule has 5 heterocycles. The molecule has 39 heavy (non-hydrogen) atoms. The Morgan fingerprint density at radius 3 is 2.51 bits per heavy atom. The minimum absolute atomic E-state index is 0.160. The zero-order valence-electron chi connectivity index (χ0n) is 21.5. The summed E-state index contributed by atoms with van der Waals surface area (Å²) in [6, 6.07) is 9.21. The number of nitrogens with zero attached hydrogens (tertiary/aromatic N) is 8. The second kappa shape index (κ2) is 10.2. The Kier molecular flexibility index (Phi) is 6.43. The summed E-state index contributed by atoms with van der Waals surface area (Å²) in [6.07, 6.45) is 7.07. The van der Waals surface area contributed by atoms with Crippen LogP contribution in [0.3, 0.4) is 0 Å². The molecule has 0 unspecified atom stereocenters. The first-order valence-corrected chi connectivity index (χ1v) is 13.0. The molecule has 1 fully saturated rings. The van der Waals surface area contributed by atoms with E-state index >= 15 is 0 Å². The molecule has 12 heteroatoms. The Labute approximate surface area is 224 Å². The number of phenolic OH excluding ortho intramolecular Hbond substituents is 1. The Hall–Kier alpha value is -4.74. The molecule has 12 nitrogen and oxygen atoms in total. The fourth-order valence-electron chi connectivity index (χ4n) is 5.27. The topological polar surface area (TPSA) is 145 Å². The number of fused-ring (bicyclic) bond motifs is 1. The standard InChI is InChI=1S/C27H29N9O3/c1-28-25-24-22(14-21(31-32-24)20-4-2-3-5-23(20)37)36(33-25)19-8-12-34(13-9-19)26-29-15-18(16-30-26)17-6-10-35(11-7-17)27(38)39/h2-6,14-16,19,37H,7-13H2,1H3,(H,28,33)(H,38,39). The highest BCUT2D eigenvalue weighted by Gasteiger charge is 2.26. The first-order valence-electron chi connectivity index (χ1n) is 13.0. The van der Waals surface area contributed by atoms with Crippen LogP contribution in [0.25, 0.3) is 27.9 Å². The van der Waals surface area contributed by atoms with Crippen LogP contribution in [0.15, 0.2) is 48.8 Å². The van der Waals surface area contributed by atoms with Gasteiger partial charge in [0, 0.05) is 56.7 Å². The van der Waals surface area contributed by atoms with Gasteiger partial charge in [0.2, 0.25) is 5.95 Å². The molecule has 1 aromatic carbocycles. The normalized spacial score (nSPS) is 16.4. The zero-order chi connectivity index (χ0) is 26.9. The van der Waals surface area contributed by atoms with Crippen LogP contribution in [0.2, 0.25) is 0 Å². The predicted octanol–water partition coefficient (Wildman–Crippen LogP) is 3.64. The lowest BCUT2D eigenvalue weighted by atomic mass is 10.0. The SMILES string of the molecule is CNc1nn(C2CCN(c3ncc(C4=CCN(C(=O)O)CC4)cn3)CC2)c2cc(-c3ccccc3O)nnc12. The molecule has 3 N–H and O–H groups in total. The second-order valence-electron chi connectivity index (χ2n) is 9.72. The molecular weight excluding hydrogens is 498 g/mol. The van der Waals surface area contributed by atoms with Gasteiger partial charge in [-0.1, -0.05) is 18.2 Å². The van der Waals surface area contributed by atoms with E-state index in [1.807, 2.05) is 48.4 Å². The smallest absolute Gasteiger partial charge is 0.407 e. The van der Waals surface area contributed by atoms with E-state index < -0.39 is 6.09 Å². The summed E-state index contributed by atoms with van der Waals surface area (Å²) in [6.45, 7) is 2.42. The van der Waals surface area contributed by atoms with Crippen molar-refractivity contribution in [3.8, 4) is 17.0 Å². The van der Waals surface area contributed by atoms with Gasteiger partial charge in [0.05, 0.1) is 17.3 Å². The van der Waals surface area contributed by atoms with Gasteiger partial charge in [0.15, 0.2) is 11.3 Å². The van der Waals surface area contributed by atoms with Crippen molar-refractivity contribution < 1.29 is 15.0 Å². The molecule has 200 valence electrons. The van der Waals surface area contributed by atoms with E-state index in [1.54, 1.807) is 12.1 Å². The quantitative estimate of drug-likeness (QED) is 0.352. The zero-order valence-corrected chi connectivity index (χ0v) is 21.5. The summed E-state index contributed by atoms with van der Waals surface area (Å²) < 4.78 is 2.02. The maximum Gasteiger partial charge on any atom is 0.407 e. The Morgan fingerprint density at radius 1 is 1.08 bits per heavy atom. The van der Waals surface area contributed by atoms with Crippen LogP contribution < -0.4 is 10.2 Å². The number of phenols is 1. The number of carbonyl (C=O) groups is 1. The predicted molar refractivity (Wildman–Crippen MR) is 147 cm³/mol. The summed E-state index contributed by atoms with van der Waals surface area (Å²) in [4.78, 5) is 24.0. The number of para-hydroxylation sites is 1. The number of anilines is 2. The molecule has 0 radical (unpaired) electrons. The summed E-state index contributed by atoms with van der Waals surface area (Å²) in [7, 11) is 1.82. The number of nitrogens with one attached hydrogen (secondary N) is 1. The highest BCUT2D eigenvalue weighted by molar-refractivity contribution is 5.88. The number of amides is 1. The largest absolute Gasteiger partial charge is 0.507 e. The van der Waals surface area contributed by atoms with Crippen LogP contribution in [-0.2, 0) is 0 Å². The molecule has 0 bridgehead atoms. The first kappa shape index (κ1) is 24.6. The van der Waals surface area contributed by atoms with Crippen molar-refractivity contribution in [1.29, 1.82) is 0 Å². The summed E-state index contributed by atoms with van der Waals surface area (Å²) in [5.41, 5.74) is 4.80. The molecule has 3 aromatic heterocycles. The van der Waals surface area contributed by atoms with Gasteiger partial charge >= 0.3 is 6.09 Å². The molecule has 1 saturated heterocycles. The molecule has 6 rings (SSSR count). The second-order valence-corrected chi connectivity index (χ2v) is 9.72. The first-order chi connectivity index (χ1) is 19.0. The number of aromatic nitrogens is 6. The fraction of sp³-hybridized carbons (Fsp3) is 0.333. The van der Waals surface area contributed by atoms with Gasteiger partial charge in [-0.25, -0.2) is 14.8 Å². The third-order valence-electron chi connectivity index (χ3n) is 7.45. The summed E-state index contributed by atoms with van der Waals surface area (Å²) in [5, 5.41) is 36.2. The number of piperidine rings is 1. The highest BCUT2D eigenvalue weighted by Crippen LogP contribution is 2.33. The van der Waals surface area contributed by atoms with E-state index in [0.29, 0.717) is 48.1 Å². The van der Waals surface area contributed by atoms with Gasteiger partial charge in [-0.2, -0.15) is 5.10 Å². The molecule has 0 spiro atoms. The highest BCUT2D eigenvalue weighted by atomic mass is 16.4. The van der Waals surface area contributed by atoms with Crippen LogP contribution in [0, 0.1) is 0 Å². The molecule has 4 aromatic rings. The number of benzene rings is 1. The van der Waals surface area contributed by atoms with E-state index in [0.717, 1.165) is 42.6 Å². The Balaban J connectivity index is 1.18. The van der Waals surface area contributed by atoms with Crippen LogP contribution in [-0.4, -0.2) is 84.4 Å². The van der Waals surface area contributed by atoms with Crippen LogP contribution in [0.4, 0.5) is 16.6 Å².